The summed E-state index contributed by atoms with van der Waals surface area (Å²) in [4.78, 5) is 22.9. The highest BCUT2D eigenvalue weighted by Crippen LogP contribution is 2.27. The summed E-state index contributed by atoms with van der Waals surface area (Å²) in [6.45, 7) is 2.72. The van der Waals surface area contributed by atoms with Gasteiger partial charge < -0.3 is 20.1 Å². The molecule has 1 saturated carbocycles. The molecule has 2 N–H and O–H groups in total. The molecule has 0 aliphatic heterocycles. The van der Waals surface area contributed by atoms with Crippen molar-refractivity contribution in [1.29, 1.82) is 0 Å². The molecule has 0 aromatic heterocycles. The van der Waals surface area contributed by atoms with Gasteiger partial charge in [-0.05, 0) is 50.3 Å². The second kappa shape index (κ2) is 9.15. The Bertz CT molecular complexity index is 554. The minimum atomic E-state index is -0.439. The zero-order chi connectivity index (χ0) is 17.4. The average Bonchev–Trinajstić information content (AvgIpc) is 2.61. The van der Waals surface area contributed by atoms with E-state index in [1.807, 2.05) is 31.2 Å². The van der Waals surface area contributed by atoms with Crippen LogP contribution in [0.4, 0.5) is 10.5 Å². The minimum absolute atomic E-state index is 0.0404. The van der Waals surface area contributed by atoms with Crippen LogP contribution in [0.5, 0.6) is 0 Å². The quantitative estimate of drug-likeness (QED) is 0.782. The summed E-state index contributed by atoms with van der Waals surface area (Å²) in [6, 6.07) is 8.31. The van der Waals surface area contributed by atoms with Crippen LogP contribution < -0.4 is 10.6 Å². The lowest BCUT2D eigenvalue weighted by molar-refractivity contribution is -0.149. The van der Waals surface area contributed by atoms with Gasteiger partial charge in [-0.15, -0.1) is 0 Å². The first-order chi connectivity index (χ1) is 11.6. The Hall–Kier alpha value is -2.24. The van der Waals surface area contributed by atoms with Gasteiger partial charge in [0.2, 0.25) is 0 Å². The van der Waals surface area contributed by atoms with E-state index in [1.165, 1.54) is 7.11 Å². The number of methoxy groups -OCH3 is 1. The van der Waals surface area contributed by atoms with Crippen molar-refractivity contribution in [1.82, 2.24) is 5.32 Å². The number of carbonyl (C=O) groups is 2. The number of amides is 1. The van der Waals surface area contributed by atoms with Crippen LogP contribution >= 0.6 is 0 Å². The Balaban J connectivity index is 1.82. The summed E-state index contributed by atoms with van der Waals surface area (Å²) in [5, 5.41) is 6.19. The van der Waals surface area contributed by atoms with E-state index < -0.39 is 6.09 Å². The number of alkyl carbamates (subject to hydrolysis) is 1. The van der Waals surface area contributed by atoms with Crippen molar-refractivity contribution >= 4 is 17.7 Å². The normalized spacial score (nSPS) is 20.1. The van der Waals surface area contributed by atoms with Crippen molar-refractivity contribution in [2.24, 2.45) is 5.92 Å². The fourth-order valence-electron chi connectivity index (χ4n) is 2.99. The van der Waals surface area contributed by atoms with Crippen LogP contribution in [0.15, 0.2) is 24.3 Å². The molecule has 6 heteroatoms. The van der Waals surface area contributed by atoms with E-state index in [0.29, 0.717) is 19.2 Å². The number of benzene rings is 1. The maximum Gasteiger partial charge on any atom is 0.407 e. The monoisotopic (exact) mass is 334 g/mol. The third-order valence-electron chi connectivity index (χ3n) is 4.27. The molecular formula is C18H26N2O4. The second-order valence-electron chi connectivity index (χ2n) is 5.99. The van der Waals surface area contributed by atoms with Crippen molar-refractivity contribution in [3.05, 3.63) is 29.8 Å². The van der Waals surface area contributed by atoms with Crippen molar-refractivity contribution in [3.8, 4) is 0 Å². The molecule has 1 fully saturated rings. The predicted octanol–water partition coefficient (Wildman–Crippen LogP) is 3.08. The molecule has 1 aromatic carbocycles. The van der Waals surface area contributed by atoms with E-state index in [0.717, 1.165) is 36.9 Å². The van der Waals surface area contributed by atoms with Gasteiger partial charge in [0.25, 0.3) is 0 Å². The molecule has 0 unspecified atom stereocenters. The summed E-state index contributed by atoms with van der Waals surface area (Å²) in [7, 11) is 1.35. The molecule has 132 valence electrons. The molecule has 1 aromatic rings. The average molecular weight is 334 g/mol. The maximum atomic E-state index is 11.8. The topological polar surface area (TPSA) is 76.7 Å². The molecule has 1 amide bonds. The van der Waals surface area contributed by atoms with E-state index >= 15 is 0 Å². The molecule has 6 nitrogen and oxygen atoms in total. The zero-order valence-corrected chi connectivity index (χ0v) is 14.3. The first-order valence-corrected chi connectivity index (χ1v) is 8.46. The summed E-state index contributed by atoms with van der Waals surface area (Å²) >= 11 is 0. The molecule has 0 heterocycles. The highest BCUT2D eigenvalue weighted by molar-refractivity contribution is 5.72. The Morgan fingerprint density at radius 1 is 1.21 bits per heavy atom. The van der Waals surface area contributed by atoms with Gasteiger partial charge in [0.15, 0.2) is 0 Å². The van der Waals surface area contributed by atoms with Gasteiger partial charge in [0, 0.05) is 18.3 Å². The van der Waals surface area contributed by atoms with Crippen LogP contribution in [0.1, 0.15) is 38.2 Å². The minimum Gasteiger partial charge on any atom is -0.466 e. The third kappa shape index (κ3) is 5.44. The molecule has 2 rings (SSSR count). The molecule has 0 radical (unpaired) electrons. The third-order valence-corrected chi connectivity index (χ3v) is 4.27. The number of esters is 1. The lowest BCUT2D eigenvalue weighted by Crippen LogP contribution is -2.30. The molecule has 0 spiro atoms. The number of hydrogen-bond acceptors (Lipinski definition) is 5. The van der Waals surface area contributed by atoms with Crippen molar-refractivity contribution in [2.75, 3.05) is 19.0 Å². The van der Waals surface area contributed by atoms with Gasteiger partial charge in [-0.2, -0.15) is 0 Å². The smallest absolute Gasteiger partial charge is 0.407 e. The number of anilines is 1. The fourth-order valence-corrected chi connectivity index (χ4v) is 2.99. The number of rotatable bonds is 6. The Kier molecular flexibility index (Phi) is 6.90. The lowest BCUT2D eigenvalue weighted by atomic mass is 9.86. The van der Waals surface area contributed by atoms with E-state index in [1.54, 1.807) is 0 Å². The molecule has 0 saturated heterocycles. The molecule has 0 bridgehead atoms. The van der Waals surface area contributed by atoms with E-state index in [4.69, 9.17) is 4.74 Å². The van der Waals surface area contributed by atoms with Crippen LogP contribution in [0.25, 0.3) is 0 Å². The maximum absolute atomic E-state index is 11.8. The molecule has 1 aliphatic rings. The number of ether oxygens (including phenoxy) is 2. The summed E-state index contributed by atoms with van der Waals surface area (Å²) < 4.78 is 9.67. The van der Waals surface area contributed by atoms with Gasteiger partial charge in [-0.3, -0.25) is 4.79 Å². The second-order valence-corrected chi connectivity index (χ2v) is 5.99. The first kappa shape index (κ1) is 18.1. The molecule has 1 aliphatic carbocycles. The highest BCUT2D eigenvalue weighted by atomic mass is 16.5. The number of hydrogen-bond donors (Lipinski definition) is 2. The largest absolute Gasteiger partial charge is 0.466 e. The summed E-state index contributed by atoms with van der Waals surface area (Å²) in [5.41, 5.74) is 2.03. The van der Waals surface area contributed by atoms with Gasteiger partial charge in [-0.1, -0.05) is 12.1 Å². The zero-order valence-electron chi connectivity index (χ0n) is 14.3. The fraction of sp³-hybridized carbons (Fsp3) is 0.556. The van der Waals surface area contributed by atoms with Crippen LogP contribution in [0, 0.1) is 5.92 Å². The van der Waals surface area contributed by atoms with Crippen molar-refractivity contribution in [3.63, 3.8) is 0 Å². The standard InChI is InChI=1S/C18H26N2O4/c1-3-24-17(21)14-7-9-15(10-8-14)20-16-6-4-5-13(11-16)12-19-18(22)23-2/h4-6,11,14-15,20H,3,7-10,12H2,1-2H3,(H,19,22). The Morgan fingerprint density at radius 2 is 1.96 bits per heavy atom. The van der Waals surface area contributed by atoms with Crippen LogP contribution in [-0.2, 0) is 20.8 Å². The molecule has 0 atom stereocenters. The van der Waals surface area contributed by atoms with Crippen LogP contribution in [0.2, 0.25) is 0 Å². The number of nitrogens with one attached hydrogen (secondary N) is 2. The van der Waals surface area contributed by atoms with Crippen LogP contribution in [-0.4, -0.2) is 31.8 Å². The summed E-state index contributed by atoms with van der Waals surface area (Å²) in [5.74, 6) is -0.0228. The SMILES string of the molecule is CCOC(=O)C1CCC(Nc2cccc(CNC(=O)OC)c2)CC1. The van der Waals surface area contributed by atoms with Gasteiger partial charge in [0.05, 0.1) is 19.6 Å². The van der Waals surface area contributed by atoms with Crippen molar-refractivity contribution < 1.29 is 19.1 Å². The van der Waals surface area contributed by atoms with Gasteiger partial charge >= 0.3 is 12.1 Å². The van der Waals surface area contributed by atoms with E-state index in [9.17, 15) is 9.59 Å². The Morgan fingerprint density at radius 3 is 2.62 bits per heavy atom. The van der Waals surface area contributed by atoms with Crippen LogP contribution in [0.3, 0.4) is 0 Å². The van der Waals surface area contributed by atoms with Gasteiger partial charge in [-0.25, -0.2) is 4.79 Å². The van der Waals surface area contributed by atoms with Crippen molar-refractivity contribution in [2.45, 2.75) is 45.2 Å². The lowest BCUT2D eigenvalue weighted by Gasteiger charge is -2.28. The van der Waals surface area contributed by atoms with E-state index in [2.05, 4.69) is 15.4 Å². The molecular weight excluding hydrogens is 308 g/mol. The van der Waals surface area contributed by atoms with Gasteiger partial charge in [0.1, 0.15) is 0 Å². The predicted molar refractivity (Wildman–Crippen MR) is 91.7 cm³/mol. The van der Waals surface area contributed by atoms with E-state index in [-0.39, 0.29) is 11.9 Å². The summed E-state index contributed by atoms with van der Waals surface area (Å²) in [6.07, 6.45) is 3.19. The molecule has 24 heavy (non-hydrogen) atoms. The Labute approximate surface area is 142 Å². The number of carbonyl (C=O) groups excluding carboxylic acids is 2. The first-order valence-electron chi connectivity index (χ1n) is 8.46. The highest BCUT2D eigenvalue weighted by Gasteiger charge is 2.27.